The number of Topliss-reactive ketones (excluding diaryl/α,β-unsaturated/α-hetero) is 1. The molecule has 1 aliphatic rings. The van der Waals surface area contributed by atoms with Crippen molar-refractivity contribution in [2.24, 2.45) is 0 Å². The number of fused-ring (bicyclic) bond motifs is 1. The number of hydrogen-bond donors (Lipinski definition) is 2. The number of quaternary nitrogens is 1. The maximum absolute atomic E-state index is 12.8. The van der Waals surface area contributed by atoms with Crippen molar-refractivity contribution in [2.75, 3.05) is 0 Å². The molecule has 3 N–H and O–H groups in total. The van der Waals surface area contributed by atoms with E-state index in [0.717, 1.165) is 16.5 Å². The summed E-state index contributed by atoms with van der Waals surface area (Å²) < 4.78 is 0. The third-order valence-corrected chi connectivity index (χ3v) is 4.98. The van der Waals surface area contributed by atoms with Crippen LogP contribution in [0.4, 0.5) is 0 Å². The molecular formula is C19H27N2O+. The fourth-order valence-corrected chi connectivity index (χ4v) is 3.70. The molecule has 1 fully saturated rings. The predicted molar refractivity (Wildman–Crippen MR) is 90.1 cm³/mol. The van der Waals surface area contributed by atoms with Crippen molar-refractivity contribution < 1.29 is 10.1 Å². The minimum absolute atomic E-state index is 0.00336. The van der Waals surface area contributed by atoms with Crippen LogP contribution < -0.4 is 5.32 Å². The Morgan fingerprint density at radius 2 is 1.82 bits per heavy atom. The van der Waals surface area contributed by atoms with Gasteiger partial charge in [0.05, 0.1) is 6.04 Å². The van der Waals surface area contributed by atoms with Gasteiger partial charge in [-0.05, 0) is 38.7 Å². The van der Waals surface area contributed by atoms with Crippen LogP contribution in [0.5, 0.6) is 0 Å². The minimum Gasteiger partial charge on any atom is -0.360 e. The van der Waals surface area contributed by atoms with E-state index >= 15 is 0 Å². The number of benzene rings is 1. The second-order valence-corrected chi connectivity index (χ2v) is 6.70. The molecule has 1 saturated carbocycles. The number of para-hydroxylation sites is 1. The maximum Gasteiger partial charge on any atom is 0.221 e. The molecule has 2 aromatic rings. The van der Waals surface area contributed by atoms with E-state index in [1.165, 1.54) is 44.9 Å². The van der Waals surface area contributed by atoms with Crippen LogP contribution >= 0.6 is 0 Å². The molecule has 0 radical (unpaired) electrons. The summed E-state index contributed by atoms with van der Waals surface area (Å²) >= 11 is 0. The highest BCUT2D eigenvalue weighted by Crippen LogP contribution is 2.19. The van der Waals surface area contributed by atoms with Gasteiger partial charge in [0.2, 0.25) is 5.78 Å². The molecule has 3 rings (SSSR count). The van der Waals surface area contributed by atoms with Gasteiger partial charge in [0.15, 0.2) is 0 Å². The van der Waals surface area contributed by atoms with E-state index in [0.29, 0.717) is 6.04 Å². The standard InChI is InChI=1S/C19H26N2O/c1-14(21-15-9-5-3-2-4-6-10-15)19(22)17-13-20-18-12-8-7-11-16(17)18/h7-8,11-15,20-21H,2-6,9-10H2,1H3/p+1/t14-/m0/s1. The predicted octanol–water partition coefficient (Wildman–Crippen LogP) is 3.42. The van der Waals surface area contributed by atoms with Gasteiger partial charge < -0.3 is 10.3 Å². The second kappa shape index (κ2) is 7.10. The van der Waals surface area contributed by atoms with Gasteiger partial charge in [-0.1, -0.05) is 37.5 Å². The summed E-state index contributed by atoms with van der Waals surface area (Å²) in [5.74, 6) is 0.250. The Bertz CT molecular complexity index is 623. The molecule has 0 aliphatic heterocycles. The lowest BCUT2D eigenvalue weighted by molar-refractivity contribution is -0.707. The van der Waals surface area contributed by atoms with Crippen LogP contribution in [0.2, 0.25) is 0 Å². The highest BCUT2D eigenvalue weighted by Gasteiger charge is 2.25. The number of H-pyrrole nitrogens is 1. The van der Waals surface area contributed by atoms with Crippen LogP contribution in [-0.2, 0) is 0 Å². The zero-order valence-electron chi connectivity index (χ0n) is 13.5. The van der Waals surface area contributed by atoms with Crippen molar-refractivity contribution in [2.45, 2.75) is 64.0 Å². The summed E-state index contributed by atoms with van der Waals surface area (Å²) in [6, 6.07) is 8.66. The Labute approximate surface area is 132 Å². The largest absolute Gasteiger partial charge is 0.360 e. The molecule has 0 saturated heterocycles. The van der Waals surface area contributed by atoms with Crippen LogP contribution in [-0.4, -0.2) is 22.9 Å². The summed E-state index contributed by atoms with van der Waals surface area (Å²) in [5.41, 5.74) is 1.88. The summed E-state index contributed by atoms with van der Waals surface area (Å²) in [4.78, 5) is 16.0. The molecule has 1 aliphatic carbocycles. The third-order valence-electron chi connectivity index (χ3n) is 4.98. The number of rotatable bonds is 4. The molecule has 0 bridgehead atoms. The van der Waals surface area contributed by atoms with Gasteiger partial charge in [-0.2, -0.15) is 0 Å². The minimum atomic E-state index is 0.00336. The van der Waals surface area contributed by atoms with Crippen LogP contribution in [0.15, 0.2) is 30.5 Å². The van der Waals surface area contributed by atoms with Gasteiger partial charge in [0.1, 0.15) is 6.04 Å². The molecule has 3 nitrogen and oxygen atoms in total. The lowest BCUT2D eigenvalue weighted by atomic mass is 9.95. The Morgan fingerprint density at radius 3 is 2.59 bits per heavy atom. The average molecular weight is 299 g/mol. The van der Waals surface area contributed by atoms with Gasteiger partial charge in [0.25, 0.3) is 0 Å². The summed E-state index contributed by atoms with van der Waals surface area (Å²) in [7, 11) is 0. The van der Waals surface area contributed by atoms with E-state index in [1.807, 2.05) is 30.5 Å². The van der Waals surface area contributed by atoms with Crippen molar-refractivity contribution in [3.63, 3.8) is 0 Å². The molecule has 1 aromatic carbocycles. The fourth-order valence-electron chi connectivity index (χ4n) is 3.70. The molecule has 0 spiro atoms. The van der Waals surface area contributed by atoms with Crippen molar-refractivity contribution in [1.82, 2.24) is 4.98 Å². The molecule has 3 heteroatoms. The van der Waals surface area contributed by atoms with Gasteiger partial charge in [0, 0.05) is 22.7 Å². The second-order valence-electron chi connectivity index (χ2n) is 6.70. The van der Waals surface area contributed by atoms with Crippen LogP contribution in [0.25, 0.3) is 10.9 Å². The first-order valence-corrected chi connectivity index (χ1v) is 8.71. The number of hydrogen-bond acceptors (Lipinski definition) is 1. The highest BCUT2D eigenvalue weighted by molar-refractivity contribution is 6.09. The zero-order chi connectivity index (χ0) is 15.4. The van der Waals surface area contributed by atoms with Gasteiger partial charge in [-0.25, -0.2) is 0 Å². The molecule has 118 valence electrons. The number of ketones is 1. The van der Waals surface area contributed by atoms with Crippen LogP contribution in [0, 0.1) is 0 Å². The molecule has 1 heterocycles. The van der Waals surface area contributed by atoms with Gasteiger partial charge in [-0.3, -0.25) is 4.79 Å². The van der Waals surface area contributed by atoms with Crippen LogP contribution in [0.1, 0.15) is 62.2 Å². The van der Waals surface area contributed by atoms with E-state index in [1.54, 1.807) is 0 Å². The van der Waals surface area contributed by atoms with Gasteiger partial charge >= 0.3 is 0 Å². The average Bonchev–Trinajstić information content (AvgIpc) is 2.93. The fraction of sp³-hybridized carbons (Fsp3) is 0.526. The normalized spacial score (nSPS) is 18.8. The first kappa shape index (κ1) is 15.3. The van der Waals surface area contributed by atoms with E-state index in [4.69, 9.17) is 0 Å². The Balaban J connectivity index is 1.68. The topological polar surface area (TPSA) is 49.5 Å². The number of aromatic nitrogens is 1. The SMILES string of the molecule is C[C@H]([NH2+]C1CCCCCCC1)C(=O)c1c[nH]c2ccccc12. The van der Waals surface area contributed by atoms with Crippen molar-refractivity contribution in [1.29, 1.82) is 0 Å². The number of carbonyl (C=O) groups is 1. The van der Waals surface area contributed by atoms with E-state index in [-0.39, 0.29) is 11.8 Å². The lowest BCUT2D eigenvalue weighted by Crippen LogP contribution is -2.95. The highest BCUT2D eigenvalue weighted by atomic mass is 16.1. The van der Waals surface area contributed by atoms with Gasteiger partial charge in [-0.15, -0.1) is 0 Å². The number of carbonyl (C=O) groups excluding carboxylic acids is 1. The van der Waals surface area contributed by atoms with E-state index in [2.05, 4.69) is 17.2 Å². The van der Waals surface area contributed by atoms with E-state index in [9.17, 15) is 4.79 Å². The first-order valence-electron chi connectivity index (χ1n) is 8.71. The number of aromatic amines is 1. The van der Waals surface area contributed by atoms with Crippen molar-refractivity contribution in [3.05, 3.63) is 36.0 Å². The zero-order valence-corrected chi connectivity index (χ0v) is 13.5. The summed E-state index contributed by atoms with van der Waals surface area (Å²) in [6.07, 6.45) is 11.1. The monoisotopic (exact) mass is 299 g/mol. The number of nitrogens with two attached hydrogens (primary N) is 1. The maximum atomic E-state index is 12.8. The number of nitrogens with one attached hydrogen (secondary N) is 1. The molecular weight excluding hydrogens is 272 g/mol. The van der Waals surface area contributed by atoms with Crippen LogP contribution in [0.3, 0.4) is 0 Å². The molecule has 22 heavy (non-hydrogen) atoms. The Hall–Kier alpha value is -1.61. The third kappa shape index (κ3) is 3.41. The smallest absolute Gasteiger partial charge is 0.221 e. The quantitative estimate of drug-likeness (QED) is 0.835. The Kier molecular flexibility index (Phi) is 4.94. The first-order chi connectivity index (χ1) is 10.8. The molecule has 0 unspecified atom stereocenters. The van der Waals surface area contributed by atoms with E-state index < -0.39 is 0 Å². The molecule has 1 aromatic heterocycles. The Morgan fingerprint density at radius 1 is 1.14 bits per heavy atom. The summed E-state index contributed by atoms with van der Waals surface area (Å²) in [6.45, 7) is 2.06. The van der Waals surface area contributed by atoms with Crippen molar-refractivity contribution >= 4 is 16.7 Å². The van der Waals surface area contributed by atoms with Crippen molar-refractivity contribution in [3.8, 4) is 0 Å². The molecule has 1 atom stereocenters. The lowest BCUT2D eigenvalue weighted by Gasteiger charge is -2.21. The molecule has 0 amide bonds. The summed E-state index contributed by atoms with van der Waals surface area (Å²) in [5, 5.41) is 3.36.